The van der Waals surface area contributed by atoms with Gasteiger partial charge in [-0.3, -0.25) is 0 Å². The van der Waals surface area contributed by atoms with Crippen LogP contribution in [0, 0.1) is 11.6 Å². The lowest BCUT2D eigenvalue weighted by Crippen LogP contribution is -2.36. The molecule has 0 aromatic heterocycles. The van der Waals surface area contributed by atoms with Gasteiger partial charge in [-0.2, -0.15) is 0 Å². The van der Waals surface area contributed by atoms with Gasteiger partial charge in [0.15, 0.2) is 5.82 Å². The van der Waals surface area contributed by atoms with Crippen molar-refractivity contribution in [1.82, 2.24) is 4.72 Å². The molecule has 0 aliphatic heterocycles. The van der Waals surface area contributed by atoms with Crippen molar-refractivity contribution in [3.63, 3.8) is 0 Å². The molecule has 10 heteroatoms. The molecule has 1 aromatic carbocycles. The second-order valence-electron chi connectivity index (χ2n) is 3.53. The van der Waals surface area contributed by atoms with E-state index in [2.05, 4.69) is 0 Å². The maximum atomic E-state index is 13.4. The van der Waals surface area contributed by atoms with Crippen molar-refractivity contribution >= 4 is 15.7 Å². The van der Waals surface area contributed by atoms with Crippen molar-refractivity contribution in [2.45, 2.75) is 17.4 Å². The lowest BCUT2D eigenvalue weighted by Gasteiger charge is -2.12. The Morgan fingerprint density at radius 3 is 2.42 bits per heavy atom. The minimum Gasteiger partial charge on any atom is -0.394 e. The van der Waals surface area contributed by atoms with E-state index in [1.54, 1.807) is 4.72 Å². The monoisotopic (exact) mass is 302 g/mol. The van der Waals surface area contributed by atoms with Gasteiger partial charge in [-0.25, -0.2) is 30.7 Å². The van der Waals surface area contributed by atoms with Crippen LogP contribution < -0.4 is 10.5 Å². The maximum absolute atomic E-state index is 13.4. The van der Waals surface area contributed by atoms with Crippen molar-refractivity contribution in [2.75, 3.05) is 12.3 Å². The second-order valence-corrected chi connectivity index (χ2v) is 5.26. The number of halogens is 4. The van der Waals surface area contributed by atoms with E-state index in [1.807, 2.05) is 0 Å². The first-order valence-corrected chi connectivity index (χ1v) is 6.34. The number of rotatable bonds is 5. The highest BCUT2D eigenvalue weighted by molar-refractivity contribution is 7.89. The molecule has 1 aromatic rings. The molecule has 0 bridgehead atoms. The van der Waals surface area contributed by atoms with E-state index in [4.69, 9.17) is 10.8 Å². The average molecular weight is 302 g/mol. The Morgan fingerprint density at radius 1 is 1.32 bits per heavy atom. The van der Waals surface area contributed by atoms with Crippen molar-refractivity contribution < 1.29 is 31.1 Å². The van der Waals surface area contributed by atoms with Gasteiger partial charge in [0.2, 0.25) is 10.0 Å². The quantitative estimate of drug-likeness (QED) is 0.544. The molecule has 1 atom stereocenters. The molecule has 0 fully saturated rings. The second kappa shape index (κ2) is 5.72. The van der Waals surface area contributed by atoms with Crippen LogP contribution in [0.15, 0.2) is 17.0 Å². The van der Waals surface area contributed by atoms with Crippen LogP contribution in [0.1, 0.15) is 0 Å². The fourth-order valence-corrected chi connectivity index (χ4v) is 2.26. The van der Waals surface area contributed by atoms with Crippen LogP contribution in [0.4, 0.5) is 23.2 Å². The van der Waals surface area contributed by atoms with E-state index >= 15 is 0 Å². The SMILES string of the molecule is Nc1c(F)ccc(S(=O)(=O)NCC(O)C(F)F)c1F. The summed E-state index contributed by atoms with van der Waals surface area (Å²) < 4.78 is 74.9. The van der Waals surface area contributed by atoms with Crippen LogP contribution in [0.25, 0.3) is 0 Å². The Labute approximate surface area is 106 Å². The van der Waals surface area contributed by atoms with E-state index < -0.39 is 51.3 Å². The summed E-state index contributed by atoms with van der Waals surface area (Å²) in [7, 11) is -4.52. The van der Waals surface area contributed by atoms with Gasteiger partial charge in [0.1, 0.15) is 22.5 Å². The number of benzene rings is 1. The Balaban J connectivity index is 2.99. The molecule has 19 heavy (non-hydrogen) atoms. The fourth-order valence-electron chi connectivity index (χ4n) is 1.12. The number of hydrogen-bond acceptors (Lipinski definition) is 4. The Kier molecular flexibility index (Phi) is 4.71. The number of aliphatic hydroxyl groups is 1. The third-order valence-corrected chi connectivity index (χ3v) is 3.60. The number of sulfonamides is 1. The standard InChI is InChI=1S/C9H10F4N2O3S/c10-4-1-2-6(7(11)8(4)14)19(17,18)15-3-5(16)9(12)13/h1-2,5,9,15-16H,3,14H2. The number of hydrogen-bond donors (Lipinski definition) is 3. The van der Waals surface area contributed by atoms with E-state index in [-0.39, 0.29) is 0 Å². The number of nitrogen functional groups attached to an aromatic ring is 1. The summed E-state index contributed by atoms with van der Waals surface area (Å²) in [5.41, 5.74) is 3.97. The molecule has 108 valence electrons. The van der Waals surface area contributed by atoms with Gasteiger partial charge >= 0.3 is 0 Å². The van der Waals surface area contributed by atoms with Gasteiger partial charge in [-0.05, 0) is 12.1 Å². The minimum atomic E-state index is -4.52. The first-order valence-electron chi connectivity index (χ1n) is 4.86. The molecule has 0 amide bonds. The van der Waals surface area contributed by atoms with Crippen molar-refractivity contribution in [1.29, 1.82) is 0 Å². The first kappa shape index (κ1) is 15.7. The highest BCUT2D eigenvalue weighted by atomic mass is 32.2. The number of anilines is 1. The highest BCUT2D eigenvalue weighted by Crippen LogP contribution is 2.22. The molecule has 0 saturated carbocycles. The zero-order valence-corrected chi connectivity index (χ0v) is 10.1. The van der Waals surface area contributed by atoms with E-state index in [0.29, 0.717) is 12.1 Å². The lowest BCUT2D eigenvalue weighted by molar-refractivity contribution is -0.000456. The van der Waals surface area contributed by atoms with Crippen LogP contribution >= 0.6 is 0 Å². The highest BCUT2D eigenvalue weighted by Gasteiger charge is 2.25. The van der Waals surface area contributed by atoms with Crippen LogP contribution in [0.5, 0.6) is 0 Å². The molecule has 0 saturated heterocycles. The van der Waals surface area contributed by atoms with Crippen LogP contribution in [0.3, 0.4) is 0 Å². The van der Waals surface area contributed by atoms with Crippen LogP contribution in [-0.4, -0.2) is 32.6 Å². The summed E-state index contributed by atoms with van der Waals surface area (Å²) >= 11 is 0. The molecular weight excluding hydrogens is 292 g/mol. The summed E-state index contributed by atoms with van der Waals surface area (Å²) in [4.78, 5) is -0.993. The number of aliphatic hydroxyl groups excluding tert-OH is 1. The molecule has 0 spiro atoms. The van der Waals surface area contributed by atoms with Gasteiger partial charge in [0, 0.05) is 6.54 Å². The molecule has 0 aliphatic rings. The predicted molar refractivity (Wildman–Crippen MR) is 58.0 cm³/mol. The zero-order chi connectivity index (χ0) is 14.8. The molecule has 1 unspecified atom stereocenters. The summed E-state index contributed by atoms with van der Waals surface area (Å²) in [6.07, 6.45) is -5.40. The number of nitrogens with one attached hydrogen (secondary N) is 1. The molecule has 4 N–H and O–H groups in total. The Bertz CT molecular complexity index is 565. The van der Waals surface area contributed by atoms with Gasteiger partial charge in [0.05, 0.1) is 0 Å². The third kappa shape index (κ3) is 3.55. The van der Waals surface area contributed by atoms with E-state index in [9.17, 15) is 26.0 Å². The zero-order valence-electron chi connectivity index (χ0n) is 9.28. The molecule has 0 aliphatic carbocycles. The average Bonchev–Trinajstić information content (AvgIpc) is 2.32. The summed E-state index contributed by atoms with van der Waals surface area (Å²) in [5, 5.41) is 8.75. The van der Waals surface area contributed by atoms with Crippen LogP contribution in [0.2, 0.25) is 0 Å². The number of alkyl halides is 2. The lowest BCUT2D eigenvalue weighted by atomic mass is 10.3. The summed E-state index contributed by atoms with van der Waals surface area (Å²) in [6.45, 7) is -1.02. The smallest absolute Gasteiger partial charge is 0.265 e. The fraction of sp³-hybridized carbons (Fsp3) is 0.333. The van der Waals surface area contributed by atoms with E-state index in [0.717, 1.165) is 0 Å². The Hall–Kier alpha value is -1.39. The van der Waals surface area contributed by atoms with Gasteiger partial charge in [-0.15, -0.1) is 0 Å². The topological polar surface area (TPSA) is 92.4 Å². The largest absolute Gasteiger partial charge is 0.394 e. The third-order valence-electron chi connectivity index (χ3n) is 2.15. The van der Waals surface area contributed by atoms with Gasteiger partial charge in [-0.1, -0.05) is 0 Å². The maximum Gasteiger partial charge on any atom is 0.265 e. The van der Waals surface area contributed by atoms with Crippen molar-refractivity contribution in [3.05, 3.63) is 23.8 Å². The molecule has 0 radical (unpaired) electrons. The number of nitrogens with two attached hydrogens (primary N) is 1. The molecule has 0 heterocycles. The van der Waals surface area contributed by atoms with Crippen molar-refractivity contribution in [2.24, 2.45) is 0 Å². The van der Waals surface area contributed by atoms with Gasteiger partial charge < -0.3 is 10.8 Å². The normalized spacial score (nSPS) is 13.8. The van der Waals surface area contributed by atoms with Crippen molar-refractivity contribution in [3.8, 4) is 0 Å². The first-order chi connectivity index (χ1) is 8.66. The summed E-state index contributed by atoms with van der Waals surface area (Å²) in [5.74, 6) is -2.68. The summed E-state index contributed by atoms with van der Waals surface area (Å²) in [6, 6.07) is 1.22. The molecule has 5 nitrogen and oxygen atoms in total. The van der Waals surface area contributed by atoms with Gasteiger partial charge in [0.25, 0.3) is 6.43 Å². The molecule has 1 rings (SSSR count). The minimum absolute atomic E-state index is 0.595. The van der Waals surface area contributed by atoms with Crippen LogP contribution in [-0.2, 0) is 10.0 Å². The molecular formula is C9H10F4N2O3S. The Morgan fingerprint density at radius 2 is 1.89 bits per heavy atom. The predicted octanol–water partition coefficient (Wildman–Crippen LogP) is 0.451. The van der Waals surface area contributed by atoms with E-state index in [1.165, 1.54) is 0 Å².